The highest BCUT2D eigenvalue weighted by Gasteiger charge is 2.34. The first-order valence-electron chi connectivity index (χ1n) is 5.70. The van der Waals surface area contributed by atoms with Gasteiger partial charge >= 0.3 is 11.9 Å². The molecule has 1 aromatic rings. The third-order valence-electron chi connectivity index (χ3n) is 2.80. The number of rotatable bonds is 5. The largest absolute Gasteiger partial charge is 0.468 e. The number of hydrogen-bond acceptors (Lipinski definition) is 5. The molecule has 5 heteroatoms. The molecule has 1 unspecified atom stereocenters. The Bertz CT molecular complexity index is 405. The highest BCUT2D eigenvalue weighted by Crippen LogP contribution is 2.21. The summed E-state index contributed by atoms with van der Waals surface area (Å²) in [7, 11) is 2.50. The Balaban J connectivity index is 2.79. The second-order valence-corrected chi connectivity index (χ2v) is 4.22. The van der Waals surface area contributed by atoms with E-state index in [2.05, 4.69) is 9.47 Å². The summed E-state index contributed by atoms with van der Waals surface area (Å²) >= 11 is 0. The van der Waals surface area contributed by atoms with Crippen molar-refractivity contribution in [1.29, 1.82) is 0 Å². The molecule has 100 valence electrons. The van der Waals surface area contributed by atoms with Crippen LogP contribution in [-0.2, 0) is 25.5 Å². The Hall–Kier alpha value is -1.78. The highest BCUT2D eigenvalue weighted by molar-refractivity contribution is 5.95. The fourth-order valence-electron chi connectivity index (χ4n) is 1.84. The van der Waals surface area contributed by atoms with Gasteiger partial charge in [0.1, 0.15) is 11.5 Å². The fraction of sp³-hybridized carbons (Fsp3) is 0.538. The first-order valence-corrected chi connectivity index (χ1v) is 5.70. The molecule has 0 saturated heterocycles. The van der Waals surface area contributed by atoms with Gasteiger partial charge in [0, 0.05) is 6.42 Å². The minimum Gasteiger partial charge on any atom is -0.468 e. The lowest BCUT2D eigenvalue weighted by Crippen LogP contribution is -2.33. The van der Waals surface area contributed by atoms with E-state index in [4.69, 9.17) is 4.42 Å². The number of furan rings is 1. The monoisotopic (exact) mass is 254 g/mol. The molecule has 1 atom stereocenters. The average molecular weight is 254 g/mol. The fourth-order valence-corrected chi connectivity index (χ4v) is 1.84. The Morgan fingerprint density at radius 3 is 2.17 bits per heavy atom. The number of esters is 2. The minimum absolute atomic E-state index is 0.254. The quantitative estimate of drug-likeness (QED) is 0.591. The van der Waals surface area contributed by atoms with Crippen molar-refractivity contribution in [3.8, 4) is 0 Å². The van der Waals surface area contributed by atoms with Crippen LogP contribution in [0.25, 0.3) is 0 Å². The zero-order valence-corrected chi connectivity index (χ0v) is 11.1. The Morgan fingerprint density at radius 2 is 1.78 bits per heavy atom. The molecular weight excluding hydrogens is 236 g/mol. The van der Waals surface area contributed by atoms with Crippen LogP contribution in [0.15, 0.2) is 16.5 Å². The molecule has 0 bridgehead atoms. The van der Waals surface area contributed by atoms with Gasteiger partial charge < -0.3 is 13.9 Å². The molecule has 1 heterocycles. The highest BCUT2D eigenvalue weighted by atomic mass is 16.5. The molecule has 5 nitrogen and oxygen atoms in total. The van der Waals surface area contributed by atoms with E-state index in [1.807, 2.05) is 19.1 Å². The van der Waals surface area contributed by atoms with Crippen molar-refractivity contribution in [1.82, 2.24) is 0 Å². The summed E-state index contributed by atoms with van der Waals surface area (Å²) in [4.78, 5) is 23.2. The predicted octanol–water partition coefficient (Wildman–Crippen LogP) is 1.73. The van der Waals surface area contributed by atoms with E-state index >= 15 is 0 Å². The van der Waals surface area contributed by atoms with Gasteiger partial charge in [-0.2, -0.15) is 0 Å². The number of aryl methyl sites for hydroxylation is 1. The van der Waals surface area contributed by atoms with Crippen LogP contribution in [0, 0.1) is 18.8 Å². The zero-order valence-electron chi connectivity index (χ0n) is 11.1. The molecule has 0 aliphatic carbocycles. The molecule has 0 aromatic carbocycles. The van der Waals surface area contributed by atoms with Crippen molar-refractivity contribution < 1.29 is 23.5 Å². The SMILES string of the molecule is COC(=O)C(C(=O)OC)C(C)Cc1ccc(C)o1. The standard InChI is InChI=1S/C13H18O5/c1-8(7-10-6-5-9(2)18-10)11(12(14)16-3)13(15)17-4/h5-6,8,11H,7H2,1-4H3. The normalized spacial score (nSPS) is 12.3. The predicted molar refractivity (Wildman–Crippen MR) is 63.8 cm³/mol. The average Bonchev–Trinajstić information content (AvgIpc) is 2.74. The van der Waals surface area contributed by atoms with Gasteiger partial charge in [0.25, 0.3) is 0 Å². The first-order chi connectivity index (χ1) is 8.49. The van der Waals surface area contributed by atoms with Gasteiger partial charge in [-0.15, -0.1) is 0 Å². The second-order valence-electron chi connectivity index (χ2n) is 4.22. The first kappa shape index (κ1) is 14.3. The summed E-state index contributed by atoms with van der Waals surface area (Å²) in [6, 6.07) is 3.67. The van der Waals surface area contributed by atoms with Gasteiger partial charge in [-0.3, -0.25) is 9.59 Å². The lowest BCUT2D eigenvalue weighted by Gasteiger charge is -2.18. The number of ether oxygens (including phenoxy) is 2. The van der Waals surface area contributed by atoms with Crippen LogP contribution in [0.3, 0.4) is 0 Å². The topological polar surface area (TPSA) is 65.7 Å². The lowest BCUT2D eigenvalue weighted by atomic mass is 9.90. The molecule has 18 heavy (non-hydrogen) atoms. The molecule has 0 radical (unpaired) electrons. The minimum atomic E-state index is -0.926. The molecule has 0 N–H and O–H groups in total. The summed E-state index contributed by atoms with van der Waals surface area (Å²) in [5.74, 6) is -0.821. The summed E-state index contributed by atoms with van der Waals surface area (Å²) < 4.78 is 14.7. The molecule has 0 spiro atoms. The molecule has 1 aromatic heterocycles. The van der Waals surface area contributed by atoms with Gasteiger partial charge in [0.15, 0.2) is 5.92 Å². The van der Waals surface area contributed by atoms with Crippen LogP contribution in [-0.4, -0.2) is 26.2 Å². The molecule has 0 amide bonds. The van der Waals surface area contributed by atoms with Gasteiger partial charge in [0.2, 0.25) is 0 Å². The summed E-state index contributed by atoms with van der Waals surface area (Å²) in [5, 5.41) is 0. The third-order valence-corrected chi connectivity index (χ3v) is 2.80. The maximum Gasteiger partial charge on any atom is 0.320 e. The van der Waals surface area contributed by atoms with Gasteiger partial charge in [0.05, 0.1) is 14.2 Å². The third kappa shape index (κ3) is 3.35. The number of carbonyl (C=O) groups excluding carboxylic acids is 2. The zero-order chi connectivity index (χ0) is 13.7. The van der Waals surface area contributed by atoms with Crippen molar-refractivity contribution in [2.75, 3.05) is 14.2 Å². The Morgan fingerprint density at radius 1 is 1.22 bits per heavy atom. The number of hydrogen-bond donors (Lipinski definition) is 0. The van der Waals surface area contributed by atoms with E-state index in [-0.39, 0.29) is 5.92 Å². The van der Waals surface area contributed by atoms with Crippen LogP contribution < -0.4 is 0 Å². The van der Waals surface area contributed by atoms with E-state index in [0.717, 1.165) is 11.5 Å². The molecule has 0 aliphatic heterocycles. The molecule has 1 rings (SSSR count). The van der Waals surface area contributed by atoms with Crippen molar-refractivity contribution >= 4 is 11.9 Å². The van der Waals surface area contributed by atoms with Crippen molar-refractivity contribution in [2.45, 2.75) is 20.3 Å². The smallest absolute Gasteiger partial charge is 0.320 e. The van der Waals surface area contributed by atoms with Crippen molar-refractivity contribution in [3.05, 3.63) is 23.7 Å². The second kappa shape index (κ2) is 6.23. The number of methoxy groups -OCH3 is 2. The maximum absolute atomic E-state index is 11.6. The summed E-state index contributed by atoms with van der Waals surface area (Å²) in [5.41, 5.74) is 0. The maximum atomic E-state index is 11.6. The van der Waals surface area contributed by atoms with Gasteiger partial charge in [-0.25, -0.2) is 0 Å². The van der Waals surface area contributed by atoms with E-state index < -0.39 is 17.9 Å². The van der Waals surface area contributed by atoms with Gasteiger partial charge in [-0.1, -0.05) is 6.92 Å². The van der Waals surface area contributed by atoms with E-state index in [9.17, 15) is 9.59 Å². The van der Waals surface area contributed by atoms with Crippen molar-refractivity contribution in [3.63, 3.8) is 0 Å². The van der Waals surface area contributed by atoms with Crippen LogP contribution in [0.5, 0.6) is 0 Å². The van der Waals surface area contributed by atoms with Crippen LogP contribution >= 0.6 is 0 Å². The Labute approximate surface area is 106 Å². The van der Waals surface area contributed by atoms with E-state index in [1.54, 1.807) is 6.92 Å². The Kier molecular flexibility index (Phi) is 4.95. The lowest BCUT2D eigenvalue weighted by molar-refractivity contribution is -0.161. The van der Waals surface area contributed by atoms with E-state index in [1.165, 1.54) is 14.2 Å². The molecular formula is C13H18O5. The van der Waals surface area contributed by atoms with Crippen LogP contribution in [0.1, 0.15) is 18.4 Å². The van der Waals surface area contributed by atoms with Crippen molar-refractivity contribution in [2.24, 2.45) is 11.8 Å². The number of carbonyl (C=O) groups is 2. The van der Waals surface area contributed by atoms with Crippen LogP contribution in [0.2, 0.25) is 0 Å². The summed E-state index contributed by atoms with van der Waals surface area (Å²) in [6.45, 7) is 3.63. The molecule has 0 aliphatic rings. The van der Waals surface area contributed by atoms with Crippen LogP contribution in [0.4, 0.5) is 0 Å². The summed E-state index contributed by atoms with van der Waals surface area (Å²) in [6.07, 6.45) is 0.475. The molecule has 0 fully saturated rings. The molecule has 0 saturated carbocycles. The van der Waals surface area contributed by atoms with Gasteiger partial charge in [-0.05, 0) is 25.0 Å². The van der Waals surface area contributed by atoms with E-state index in [0.29, 0.717) is 6.42 Å².